The summed E-state index contributed by atoms with van der Waals surface area (Å²) in [7, 11) is 0. The molecule has 174 valence electrons. The molecule has 34 heavy (non-hydrogen) atoms. The van der Waals surface area contributed by atoms with Crippen LogP contribution in [-0.4, -0.2) is 36.7 Å². The van der Waals surface area contributed by atoms with Crippen LogP contribution in [0.2, 0.25) is 0 Å². The molecule has 0 bridgehead atoms. The second-order valence-corrected chi connectivity index (χ2v) is 8.92. The highest BCUT2D eigenvalue weighted by Gasteiger charge is 2.28. The monoisotopic (exact) mass is 475 g/mol. The number of rotatable bonds is 8. The summed E-state index contributed by atoms with van der Waals surface area (Å²) in [5, 5.41) is 13.0. The minimum absolute atomic E-state index is 0.263. The van der Waals surface area contributed by atoms with Crippen LogP contribution in [0.1, 0.15) is 38.3 Å². The second-order valence-electron chi connectivity index (χ2n) is 7.82. The number of nitrogens with zero attached hydrogens (tertiary/aromatic N) is 2. The fourth-order valence-electron chi connectivity index (χ4n) is 3.71. The first kappa shape index (κ1) is 23.5. The quantitative estimate of drug-likeness (QED) is 0.464. The van der Waals surface area contributed by atoms with E-state index >= 15 is 0 Å². The number of carbonyl (C=O) groups is 2. The molecule has 8 heteroatoms. The van der Waals surface area contributed by atoms with Gasteiger partial charge in [-0.3, -0.25) is 4.79 Å². The Kier molecular flexibility index (Phi) is 7.91. The van der Waals surface area contributed by atoms with E-state index in [1.807, 2.05) is 36.4 Å². The zero-order valence-electron chi connectivity index (χ0n) is 18.7. The third-order valence-corrected chi connectivity index (χ3v) is 6.59. The van der Waals surface area contributed by atoms with Gasteiger partial charge in [0, 0.05) is 23.4 Å². The Morgan fingerprint density at radius 3 is 2.53 bits per heavy atom. The Morgan fingerprint density at radius 1 is 1.06 bits per heavy atom. The number of ether oxygens (including phenoxy) is 2. The van der Waals surface area contributed by atoms with Crippen molar-refractivity contribution in [2.45, 2.75) is 26.0 Å². The van der Waals surface area contributed by atoms with Crippen LogP contribution in [0, 0.1) is 11.3 Å². The van der Waals surface area contributed by atoms with Crippen molar-refractivity contribution >= 4 is 28.3 Å². The smallest absolute Gasteiger partial charge is 0.410 e. The first-order valence-electron chi connectivity index (χ1n) is 11.1. The molecule has 0 aliphatic carbocycles. The first-order chi connectivity index (χ1) is 16.7. The predicted molar refractivity (Wildman–Crippen MR) is 130 cm³/mol. The average molecular weight is 476 g/mol. The molecule has 0 radical (unpaired) electrons. The Bertz CT molecular complexity index is 1170. The number of nitrogens with one attached hydrogen (secondary N) is 1. The molecular formula is C26H25N3O4S. The van der Waals surface area contributed by atoms with Gasteiger partial charge in [-0.25, -0.2) is 4.79 Å². The van der Waals surface area contributed by atoms with Crippen LogP contribution in [0.5, 0.6) is 0 Å². The van der Waals surface area contributed by atoms with Gasteiger partial charge in [-0.05, 0) is 29.7 Å². The highest BCUT2D eigenvalue weighted by Crippen LogP contribution is 2.37. The average Bonchev–Trinajstić information content (AvgIpc) is 3.23. The summed E-state index contributed by atoms with van der Waals surface area (Å²) >= 11 is 1.34. The van der Waals surface area contributed by atoms with E-state index < -0.39 is 0 Å². The van der Waals surface area contributed by atoms with E-state index in [0.29, 0.717) is 55.3 Å². The lowest BCUT2D eigenvalue weighted by molar-refractivity contribution is 0.0733. The maximum Gasteiger partial charge on any atom is 0.410 e. The molecular weight excluding hydrogens is 450 g/mol. The molecule has 4 rings (SSSR count). The molecule has 1 aliphatic heterocycles. The minimum atomic E-state index is -0.379. The number of amides is 2. The van der Waals surface area contributed by atoms with Crippen molar-refractivity contribution in [3.8, 4) is 6.07 Å². The van der Waals surface area contributed by atoms with Crippen LogP contribution in [0.15, 0.2) is 60.7 Å². The van der Waals surface area contributed by atoms with Crippen LogP contribution in [-0.2, 0) is 29.0 Å². The van der Waals surface area contributed by atoms with Crippen molar-refractivity contribution in [3.63, 3.8) is 0 Å². The number of hydrogen-bond donors (Lipinski definition) is 1. The molecule has 1 N–H and O–H groups in total. The van der Waals surface area contributed by atoms with Crippen LogP contribution >= 0.6 is 11.3 Å². The SMILES string of the molecule is N#Cc1c(NC(=O)c2ccccc2)sc2c1CCN(C(=O)OCCCOCc1ccccc1)C2. The predicted octanol–water partition coefficient (Wildman–Crippen LogP) is 4.97. The maximum atomic E-state index is 12.5. The summed E-state index contributed by atoms with van der Waals surface area (Å²) < 4.78 is 11.0. The Balaban J connectivity index is 1.26. The molecule has 0 unspecified atom stereocenters. The van der Waals surface area contributed by atoms with Crippen LogP contribution in [0.4, 0.5) is 9.80 Å². The summed E-state index contributed by atoms with van der Waals surface area (Å²) in [4.78, 5) is 27.6. The van der Waals surface area contributed by atoms with Crippen LogP contribution in [0.25, 0.3) is 0 Å². The topological polar surface area (TPSA) is 91.7 Å². The first-order valence-corrected chi connectivity index (χ1v) is 11.9. The summed E-state index contributed by atoms with van der Waals surface area (Å²) in [5.41, 5.74) is 3.01. The van der Waals surface area contributed by atoms with Crippen molar-refractivity contribution in [1.29, 1.82) is 5.26 Å². The maximum absolute atomic E-state index is 12.5. The molecule has 0 atom stereocenters. The van der Waals surface area contributed by atoms with Crippen LogP contribution in [0.3, 0.4) is 0 Å². The van der Waals surface area contributed by atoms with E-state index in [2.05, 4.69) is 11.4 Å². The van der Waals surface area contributed by atoms with Gasteiger partial charge in [0.2, 0.25) is 0 Å². The van der Waals surface area contributed by atoms with Crippen molar-refractivity contribution in [2.75, 3.05) is 25.1 Å². The molecule has 2 amide bonds. The molecule has 7 nitrogen and oxygen atoms in total. The summed E-state index contributed by atoms with van der Waals surface area (Å²) in [5.74, 6) is -0.263. The number of carbonyl (C=O) groups excluding carboxylic acids is 2. The normalized spacial score (nSPS) is 12.5. The Morgan fingerprint density at radius 2 is 1.79 bits per heavy atom. The summed E-state index contributed by atoms with van der Waals surface area (Å²) in [6, 6.07) is 21.0. The molecule has 1 aromatic heterocycles. The highest BCUT2D eigenvalue weighted by molar-refractivity contribution is 7.16. The number of benzene rings is 2. The van der Waals surface area contributed by atoms with E-state index in [0.717, 1.165) is 16.0 Å². The third kappa shape index (κ3) is 5.81. The van der Waals surface area contributed by atoms with Gasteiger partial charge in [0.1, 0.15) is 11.1 Å². The van der Waals surface area contributed by atoms with E-state index in [9.17, 15) is 14.9 Å². The number of thiophene rings is 1. The van der Waals surface area contributed by atoms with Gasteiger partial charge in [-0.15, -0.1) is 11.3 Å². The third-order valence-electron chi connectivity index (χ3n) is 5.46. The van der Waals surface area contributed by atoms with Gasteiger partial charge < -0.3 is 19.7 Å². The lowest BCUT2D eigenvalue weighted by atomic mass is 10.0. The van der Waals surface area contributed by atoms with Gasteiger partial charge in [-0.2, -0.15) is 5.26 Å². The zero-order valence-corrected chi connectivity index (χ0v) is 19.5. The summed E-state index contributed by atoms with van der Waals surface area (Å²) in [6.07, 6.45) is 0.784. The highest BCUT2D eigenvalue weighted by atomic mass is 32.1. The minimum Gasteiger partial charge on any atom is -0.449 e. The number of hydrogen-bond acceptors (Lipinski definition) is 6. The van der Waals surface area contributed by atoms with E-state index in [4.69, 9.17) is 9.47 Å². The second kappa shape index (κ2) is 11.5. The standard InChI is InChI=1S/C26H25N3O4S/c27-16-22-21-12-13-29(26(31)33-15-7-14-32-18-19-8-3-1-4-9-19)17-23(21)34-25(22)28-24(30)20-10-5-2-6-11-20/h1-6,8-11H,7,12-15,17-18H2,(H,28,30). The van der Waals surface area contributed by atoms with Gasteiger partial charge in [0.15, 0.2) is 0 Å². The molecule has 3 aromatic rings. The largest absolute Gasteiger partial charge is 0.449 e. The molecule has 0 saturated heterocycles. The fourth-order valence-corrected chi connectivity index (χ4v) is 4.92. The van der Waals surface area contributed by atoms with E-state index in [-0.39, 0.29) is 18.6 Å². The molecule has 0 spiro atoms. The molecule has 1 aliphatic rings. The van der Waals surface area contributed by atoms with E-state index in [1.165, 1.54) is 11.3 Å². The van der Waals surface area contributed by atoms with Crippen LogP contribution < -0.4 is 5.32 Å². The zero-order chi connectivity index (χ0) is 23.8. The number of fused-ring (bicyclic) bond motifs is 1. The lowest BCUT2D eigenvalue weighted by Crippen LogP contribution is -2.36. The Hall–Kier alpha value is -3.67. The van der Waals surface area contributed by atoms with Crippen molar-refractivity contribution in [2.24, 2.45) is 0 Å². The Labute approximate surface area is 202 Å². The van der Waals surface area contributed by atoms with Gasteiger partial charge in [0.25, 0.3) is 5.91 Å². The van der Waals surface area contributed by atoms with Gasteiger partial charge >= 0.3 is 6.09 Å². The molecule has 2 heterocycles. The number of nitriles is 1. The molecule has 0 saturated carbocycles. The number of anilines is 1. The molecule has 0 fully saturated rings. The van der Waals surface area contributed by atoms with E-state index in [1.54, 1.807) is 29.2 Å². The lowest BCUT2D eigenvalue weighted by Gasteiger charge is -2.26. The summed E-state index contributed by atoms with van der Waals surface area (Å²) in [6.45, 7) is 2.15. The van der Waals surface area contributed by atoms with Crippen molar-refractivity contribution in [1.82, 2.24) is 4.90 Å². The van der Waals surface area contributed by atoms with Gasteiger partial charge in [0.05, 0.1) is 31.9 Å². The van der Waals surface area contributed by atoms with Crippen molar-refractivity contribution < 1.29 is 19.1 Å². The molecule has 2 aromatic carbocycles. The van der Waals surface area contributed by atoms with Gasteiger partial charge in [-0.1, -0.05) is 48.5 Å². The van der Waals surface area contributed by atoms with Crippen molar-refractivity contribution in [3.05, 3.63) is 87.8 Å². The fraction of sp³-hybridized carbons (Fsp3) is 0.269.